The van der Waals surface area contributed by atoms with Crippen LogP contribution in [-0.2, 0) is 18.4 Å². The molecule has 0 bridgehead atoms. The van der Waals surface area contributed by atoms with Crippen molar-refractivity contribution in [2.24, 2.45) is 7.05 Å². The van der Waals surface area contributed by atoms with E-state index in [4.69, 9.17) is 25.8 Å². The van der Waals surface area contributed by atoms with Crippen LogP contribution in [0.2, 0.25) is 5.02 Å². The maximum Gasteiger partial charge on any atom is 0.234 e. The van der Waals surface area contributed by atoms with Crippen LogP contribution in [-0.4, -0.2) is 40.6 Å². The Morgan fingerprint density at radius 3 is 2.53 bits per heavy atom. The predicted molar refractivity (Wildman–Crippen MR) is 116 cm³/mol. The zero-order valence-electron chi connectivity index (χ0n) is 16.7. The second-order valence-electron chi connectivity index (χ2n) is 6.10. The average molecular weight is 449 g/mol. The highest BCUT2D eigenvalue weighted by Gasteiger charge is 2.14. The van der Waals surface area contributed by atoms with Crippen LogP contribution < -0.4 is 19.5 Å². The lowest BCUT2D eigenvalue weighted by Gasteiger charge is -2.10. The first-order chi connectivity index (χ1) is 14.5. The lowest BCUT2D eigenvalue weighted by Crippen LogP contribution is -2.15. The molecule has 0 spiro atoms. The predicted octanol–water partition coefficient (Wildman–Crippen LogP) is 3.80. The molecule has 0 aliphatic heterocycles. The van der Waals surface area contributed by atoms with Gasteiger partial charge in [0.25, 0.3) is 0 Å². The molecule has 2 aromatic carbocycles. The van der Waals surface area contributed by atoms with Crippen molar-refractivity contribution in [3.05, 3.63) is 53.3 Å². The largest absolute Gasteiger partial charge is 0.497 e. The van der Waals surface area contributed by atoms with Gasteiger partial charge in [-0.2, -0.15) is 0 Å². The summed E-state index contributed by atoms with van der Waals surface area (Å²) in [5.41, 5.74) is 0.516. The molecule has 1 heterocycles. The molecule has 158 valence electrons. The second-order valence-corrected chi connectivity index (χ2v) is 7.48. The summed E-state index contributed by atoms with van der Waals surface area (Å²) in [6, 6.07) is 12.3. The third-order valence-corrected chi connectivity index (χ3v) is 5.38. The number of benzene rings is 2. The first-order valence-corrected chi connectivity index (χ1v) is 10.3. The van der Waals surface area contributed by atoms with Crippen LogP contribution in [0, 0.1) is 0 Å². The van der Waals surface area contributed by atoms with Gasteiger partial charge in [-0.25, -0.2) is 0 Å². The quantitative estimate of drug-likeness (QED) is 0.498. The molecule has 8 nitrogen and oxygen atoms in total. The number of amides is 1. The van der Waals surface area contributed by atoms with Crippen LogP contribution in [0.5, 0.6) is 17.2 Å². The summed E-state index contributed by atoms with van der Waals surface area (Å²) < 4.78 is 17.9. The first kappa shape index (κ1) is 21.8. The Morgan fingerprint density at radius 1 is 1.10 bits per heavy atom. The van der Waals surface area contributed by atoms with E-state index < -0.39 is 0 Å². The summed E-state index contributed by atoms with van der Waals surface area (Å²) in [5, 5.41) is 12.2. The van der Waals surface area contributed by atoms with E-state index >= 15 is 0 Å². The number of methoxy groups -OCH3 is 2. The highest BCUT2D eigenvalue weighted by molar-refractivity contribution is 7.99. The molecule has 0 unspecified atom stereocenters. The number of carbonyl (C=O) groups excluding carboxylic acids is 1. The summed E-state index contributed by atoms with van der Waals surface area (Å²) in [7, 11) is 4.97. The maximum atomic E-state index is 12.3. The van der Waals surface area contributed by atoms with E-state index in [0.29, 0.717) is 33.2 Å². The minimum Gasteiger partial charge on any atom is -0.497 e. The summed E-state index contributed by atoms with van der Waals surface area (Å²) in [5.74, 6) is 2.58. The Bertz CT molecular complexity index is 1010. The number of nitrogens with one attached hydrogen (secondary N) is 1. The van der Waals surface area contributed by atoms with Gasteiger partial charge in [0, 0.05) is 12.1 Å². The van der Waals surface area contributed by atoms with E-state index in [1.165, 1.54) is 18.9 Å². The molecular weight excluding hydrogens is 428 g/mol. The average Bonchev–Trinajstić information content (AvgIpc) is 3.10. The van der Waals surface area contributed by atoms with Crippen LogP contribution in [0.1, 0.15) is 5.82 Å². The van der Waals surface area contributed by atoms with E-state index in [0.717, 1.165) is 5.75 Å². The Balaban J connectivity index is 1.54. The van der Waals surface area contributed by atoms with Crippen molar-refractivity contribution in [3.8, 4) is 17.2 Å². The van der Waals surface area contributed by atoms with Gasteiger partial charge >= 0.3 is 0 Å². The highest BCUT2D eigenvalue weighted by Crippen LogP contribution is 2.28. The Hall–Kier alpha value is -2.91. The van der Waals surface area contributed by atoms with E-state index in [-0.39, 0.29) is 18.3 Å². The van der Waals surface area contributed by atoms with Crippen LogP contribution in [0.25, 0.3) is 0 Å². The number of nitrogens with zero attached hydrogens (tertiary/aromatic N) is 3. The normalized spacial score (nSPS) is 10.5. The lowest BCUT2D eigenvalue weighted by atomic mass is 10.3. The standard InChI is InChI=1S/C20H21ClN4O4S/c1-25-18(11-29-15-7-5-14(27-2)6-8-15)23-24-20(25)30-12-19(26)22-16-10-13(21)4-9-17(16)28-3/h4-10H,11-12H2,1-3H3,(H,22,26). The number of ether oxygens (including phenoxy) is 3. The highest BCUT2D eigenvalue weighted by atomic mass is 35.5. The van der Waals surface area contributed by atoms with Crippen molar-refractivity contribution < 1.29 is 19.0 Å². The summed E-state index contributed by atoms with van der Waals surface area (Å²) in [6.07, 6.45) is 0. The Labute approximate surface area is 183 Å². The van der Waals surface area contributed by atoms with Gasteiger partial charge in [0.2, 0.25) is 5.91 Å². The molecule has 0 saturated heterocycles. The minimum atomic E-state index is -0.209. The number of carbonyl (C=O) groups is 1. The fourth-order valence-electron chi connectivity index (χ4n) is 2.51. The molecule has 10 heteroatoms. The number of aromatic nitrogens is 3. The molecule has 0 atom stereocenters. The molecule has 3 rings (SSSR count). The maximum absolute atomic E-state index is 12.3. The molecular formula is C20H21ClN4O4S. The monoisotopic (exact) mass is 448 g/mol. The van der Waals surface area contributed by atoms with Crippen LogP contribution >= 0.6 is 23.4 Å². The number of halogens is 1. The molecule has 0 radical (unpaired) electrons. The fourth-order valence-corrected chi connectivity index (χ4v) is 3.41. The topological polar surface area (TPSA) is 87.5 Å². The first-order valence-electron chi connectivity index (χ1n) is 8.91. The van der Waals surface area contributed by atoms with Gasteiger partial charge in [0.05, 0.1) is 25.7 Å². The summed E-state index contributed by atoms with van der Waals surface area (Å²) in [4.78, 5) is 12.3. The number of hydrogen-bond donors (Lipinski definition) is 1. The van der Waals surface area contributed by atoms with Gasteiger partial charge in [-0.1, -0.05) is 23.4 Å². The van der Waals surface area contributed by atoms with Gasteiger partial charge in [-0.15, -0.1) is 10.2 Å². The van der Waals surface area contributed by atoms with Crippen molar-refractivity contribution in [3.63, 3.8) is 0 Å². The van der Waals surface area contributed by atoms with E-state index in [1.54, 1.807) is 29.9 Å². The lowest BCUT2D eigenvalue weighted by molar-refractivity contribution is -0.113. The Kier molecular flexibility index (Phi) is 7.42. The molecule has 1 amide bonds. The minimum absolute atomic E-state index is 0.154. The smallest absolute Gasteiger partial charge is 0.234 e. The molecule has 0 aliphatic carbocycles. The van der Waals surface area contributed by atoms with E-state index in [9.17, 15) is 4.79 Å². The van der Waals surface area contributed by atoms with Gasteiger partial charge in [-0.3, -0.25) is 4.79 Å². The third-order valence-electron chi connectivity index (χ3n) is 4.12. The van der Waals surface area contributed by atoms with Crippen molar-refractivity contribution in [1.29, 1.82) is 0 Å². The third kappa shape index (κ3) is 5.58. The van der Waals surface area contributed by atoms with Gasteiger partial charge in [-0.05, 0) is 42.5 Å². The van der Waals surface area contributed by atoms with Crippen LogP contribution in [0.15, 0.2) is 47.6 Å². The van der Waals surface area contributed by atoms with Crippen LogP contribution in [0.4, 0.5) is 5.69 Å². The number of rotatable bonds is 9. The molecule has 1 aromatic heterocycles. The van der Waals surface area contributed by atoms with Gasteiger partial charge in [0.1, 0.15) is 23.9 Å². The van der Waals surface area contributed by atoms with E-state index in [1.807, 2.05) is 31.3 Å². The zero-order valence-corrected chi connectivity index (χ0v) is 18.3. The fraction of sp³-hybridized carbons (Fsp3) is 0.250. The molecule has 1 N–H and O–H groups in total. The molecule has 0 saturated carbocycles. The summed E-state index contributed by atoms with van der Waals surface area (Å²) in [6.45, 7) is 0.252. The molecule has 3 aromatic rings. The Morgan fingerprint density at radius 2 is 1.83 bits per heavy atom. The zero-order chi connectivity index (χ0) is 21.5. The van der Waals surface area contributed by atoms with Gasteiger partial charge in [0.15, 0.2) is 11.0 Å². The number of thioether (sulfide) groups is 1. The van der Waals surface area contributed by atoms with Gasteiger partial charge < -0.3 is 24.1 Å². The van der Waals surface area contributed by atoms with Crippen molar-refractivity contribution in [1.82, 2.24) is 14.8 Å². The molecule has 30 heavy (non-hydrogen) atoms. The van der Waals surface area contributed by atoms with E-state index in [2.05, 4.69) is 15.5 Å². The SMILES string of the molecule is COc1ccc(OCc2nnc(SCC(=O)Nc3cc(Cl)ccc3OC)n2C)cc1. The van der Waals surface area contributed by atoms with Crippen molar-refractivity contribution in [2.75, 3.05) is 25.3 Å². The molecule has 0 aliphatic rings. The van der Waals surface area contributed by atoms with Crippen molar-refractivity contribution in [2.45, 2.75) is 11.8 Å². The summed E-state index contributed by atoms with van der Waals surface area (Å²) >= 11 is 7.26. The molecule has 0 fully saturated rings. The second kappa shape index (κ2) is 10.2. The van der Waals surface area contributed by atoms with Crippen LogP contribution in [0.3, 0.4) is 0 Å². The number of hydrogen-bond acceptors (Lipinski definition) is 7. The van der Waals surface area contributed by atoms with Crippen molar-refractivity contribution >= 4 is 35.0 Å². The number of anilines is 1.